The fourth-order valence-electron chi connectivity index (χ4n) is 6.09. The first-order chi connectivity index (χ1) is 10.1. The number of nitrogens with zero attached hydrogens (tertiary/aromatic N) is 1. The van der Waals surface area contributed by atoms with Crippen LogP contribution in [0.25, 0.3) is 0 Å². The van der Waals surface area contributed by atoms with Gasteiger partial charge in [0.1, 0.15) is 0 Å². The van der Waals surface area contributed by atoms with E-state index >= 15 is 0 Å². The molecule has 4 aliphatic carbocycles. The van der Waals surface area contributed by atoms with Gasteiger partial charge < -0.3 is 10.5 Å². The fourth-order valence-corrected chi connectivity index (χ4v) is 6.09. The summed E-state index contributed by atoms with van der Waals surface area (Å²) in [5.74, 6) is 4.40. The van der Waals surface area contributed by atoms with Crippen LogP contribution < -0.4 is 5.73 Å². The second-order valence-corrected chi connectivity index (χ2v) is 8.33. The molecule has 0 aromatic heterocycles. The van der Waals surface area contributed by atoms with Crippen LogP contribution in [0, 0.1) is 29.6 Å². The molecule has 0 amide bonds. The second-order valence-electron chi connectivity index (χ2n) is 8.33. The lowest BCUT2D eigenvalue weighted by molar-refractivity contribution is -0.137. The maximum atomic E-state index is 6.45. The monoisotopic (exact) mass is 294 g/mol. The number of ether oxygens (including phenoxy) is 1. The van der Waals surface area contributed by atoms with Gasteiger partial charge in [-0.2, -0.15) is 0 Å². The van der Waals surface area contributed by atoms with Crippen molar-refractivity contribution in [2.24, 2.45) is 35.3 Å². The van der Waals surface area contributed by atoms with Crippen molar-refractivity contribution in [1.29, 1.82) is 0 Å². The lowest BCUT2D eigenvalue weighted by Crippen LogP contribution is -2.70. The maximum Gasteiger partial charge on any atom is 0.0589 e. The number of hydrogen-bond donors (Lipinski definition) is 1. The third kappa shape index (κ3) is 2.66. The average molecular weight is 294 g/mol. The Morgan fingerprint density at radius 3 is 2.10 bits per heavy atom. The Balaban J connectivity index is 1.85. The molecule has 3 nitrogen and oxygen atoms in total. The van der Waals surface area contributed by atoms with Crippen molar-refractivity contribution < 1.29 is 4.74 Å². The molecule has 0 saturated heterocycles. The van der Waals surface area contributed by atoms with Crippen molar-refractivity contribution >= 4 is 0 Å². The van der Waals surface area contributed by atoms with Gasteiger partial charge >= 0.3 is 0 Å². The molecule has 0 radical (unpaired) electrons. The summed E-state index contributed by atoms with van der Waals surface area (Å²) in [6.45, 7) is 8.57. The lowest BCUT2D eigenvalue weighted by Gasteiger charge is -2.65. The van der Waals surface area contributed by atoms with Gasteiger partial charge in [0, 0.05) is 32.3 Å². The van der Waals surface area contributed by atoms with Gasteiger partial charge in [-0.3, -0.25) is 4.90 Å². The normalized spacial score (nSPS) is 41.4. The van der Waals surface area contributed by atoms with Gasteiger partial charge in [0.15, 0.2) is 0 Å². The molecule has 4 aliphatic rings. The Kier molecular flexibility index (Phi) is 4.63. The van der Waals surface area contributed by atoms with Crippen LogP contribution in [0.4, 0.5) is 0 Å². The van der Waals surface area contributed by atoms with E-state index in [0.29, 0.717) is 5.92 Å². The van der Waals surface area contributed by atoms with Crippen molar-refractivity contribution in [2.45, 2.75) is 51.5 Å². The first kappa shape index (κ1) is 15.8. The van der Waals surface area contributed by atoms with Crippen LogP contribution in [-0.2, 0) is 4.74 Å². The van der Waals surface area contributed by atoms with Crippen LogP contribution in [-0.4, -0.2) is 43.8 Å². The van der Waals surface area contributed by atoms with Crippen molar-refractivity contribution in [3.63, 3.8) is 0 Å². The summed E-state index contributed by atoms with van der Waals surface area (Å²) in [6, 6.07) is 0. The van der Waals surface area contributed by atoms with E-state index in [1.54, 1.807) is 0 Å². The van der Waals surface area contributed by atoms with Crippen molar-refractivity contribution in [1.82, 2.24) is 4.90 Å². The molecule has 3 heteroatoms. The van der Waals surface area contributed by atoms with Gasteiger partial charge in [0.25, 0.3) is 0 Å². The van der Waals surface area contributed by atoms with E-state index in [1.807, 2.05) is 7.11 Å². The molecule has 0 spiro atoms. The molecule has 4 fully saturated rings. The predicted octanol–water partition coefficient (Wildman–Crippen LogP) is 2.74. The van der Waals surface area contributed by atoms with E-state index in [4.69, 9.17) is 10.5 Å². The SMILES string of the molecule is COCCN(CC(C)C)C1(CN)C2CC3CC(C2)CC1C3. The largest absolute Gasteiger partial charge is 0.383 e. The molecule has 0 aliphatic heterocycles. The van der Waals surface area contributed by atoms with Crippen LogP contribution in [0.5, 0.6) is 0 Å². The molecular formula is C18H34N2O. The zero-order chi connectivity index (χ0) is 15.0. The minimum absolute atomic E-state index is 0.274. The van der Waals surface area contributed by atoms with Gasteiger partial charge in [-0.15, -0.1) is 0 Å². The third-order valence-corrected chi connectivity index (χ3v) is 6.62. The number of methoxy groups -OCH3 is 1. The number of nitrogens with two attached hydrogens (primary N) is 1. The van der Waals surface area contributed by atoms with Gasteiger partial charge in [-0.1, -0.05) is 13.8 Å². The standard InChI is InChI=1S/C18H34N2O/c1-13(2)11-20(4-5-21-3)18(12-19)16-7-14-6-15(9-16)10-17(18)8-14/h13-17H,4-12,19H2,1-3H3. The van der Waals surface area contributed by atoms with E-state index in [9.17, 15) is 0 Å². The molecule has 4 saturated carbocycles. The summed E-state index contributed by atoms with van der Waals surface area (Å²) in [4.78, 5) is 2.74. The smallest absolute Gasteiger partial charge is 0.0589 e. The molecule has 0 aromatic carbocycles. The molecule has 4 bridgehead atoms. The van der Waals surface area contributed by atoms with Gasteiger partial charge in [0.05, 0.1) is 6.61 Å². The minimum Gasteiger partial charge on any atom is -0.383 e. The summed E-state index contributed by atoms with van der Waals surface area (Å²) < 4.78 is 5.40. The highest BCUT2D eigenvalue weighted by atomic mass is 16.5. The molecule has 122 valence electrons. The molecular weight excluding hydrogens is 260 g/mol. The highest BCUT2D eigenvalue weighted by molar-refractivity contribution is 5.12. The summed E-state index contributed by atoms with van der Waals surface area (Å²) in [5.41, 5.74) is 6.73. The van der Waals surface area contributed by atoms with E-state index in [0.717, 1.165) is 43.4 Å². The summed E-state index contributed by atoms with van der Waals surface area (Å²) in [5, 5.41) is 0. The molecule has 4 rings (SSSR count). The van der Waals surface area contributed by atoms with Crippen LogP contribution in [0.1, 0.15) is 46.0 Å². The first-order valence-corrected chi connectivity index (χ1v) is 9.04. The number of rotatable bonds is 7. The summed E-state index contributed by atoms with van der Waals surface area (Å²) in [6.07, 6.45) is 7.25. The summed E-state index contributed by atoms with van der Waals surface area (Å²) >= 11 is 0. The predicted molar refractivity (Wildman–Crippen MR) is 87.1 cm³/mol. The molecule has 0 aromatic rings. The fraction of sp³-hybridized carbons (Fsp3) is 1.00. The van der Waals surface area contributed by atoms with E-state index in [2.05, 4.69) is 18.7 Å². The molecule has 2 N–H and O–H groups in total. The quantitative estimate of drug-likeness (QED) is 0.784. The Morgan fingerprint density at radius 2 is 1.67 bits per heavy atom. The third-order valence-electron chi connectivity index (χ3n) is 6.62. The molecule has 0 atom stereocenters. The van der Waals surface area contributed by atoms with Crippen LogP contribution in [0.2, 0.25) is 0 Å². The Hall–Kier alpha value is -0.120. The zero-order valence-electron chi connectivity index (χ0n) is 14.2. The highest BCUT2D eigenvalue weighted by Gasteiger charge is 2.58. The van der Waals surface area contributed by atoms with E-state index in [1.165, 1.54) is 38.6 Å². The first-order valence-electron chi connectivity index (χ1n) is 9.04. The van der Waals surface area contributed by atoms with Gasteiger partial charge in [-0.05, 0) is 61.7 Å². The average Bonchev–Trinajstić information content (AvgIpc) is 2.43. The van der Waals surface area contributed by atoms with Crippen LogP contribution >= 0.6 is 0 Å². The topological polar surface area (TPSA) is 38.5 Å². The lowest BCUT2D eigenvalue weighted by atomic mass is 9.48. The molecule has 0 unspecified atom stereocenters. The van der Waals surface area contributed by atoms with Gasteiger partial charge in [-0.25, -0.2) is 0 Å². The number of hydrogen-bond acceptors (Lipinski definition) is 3. The summed E-state index contributed by atoms with van der Waals surface area (Å²) in [7, 11) is 1.82. The van der Waals surface area contributed by atoms with E-state index < -0.39 is 0 Å². The van der Waals surface area contributed by atoms with E-state index in [-0.39, 0.29) is 5.54 Å². The molecule has 0 heterocycles. The van der Waals surface area contributed by atoms with Crippen molar-refractivity contribution in [3.05, 3.63) is 0 Å². The van der Waals surface area contributed by atoms with Gasteiger partial charge in [0.2, 0.25) is 0 Å². The maximum absolute atomic E-state index is 6.45. The van der Waals surface area contributed by atoms with Crippen LogP contribution in [0.3, 0.4) is 0 Å². The Labute approximate surface area is 130 Å². The van der Waals surface area contributed by atoms with Crippen LogP contribution in [0.15, 0.2) is 0 Å². The minimum atomic E-state index is 0.274. The highest BCUT2D eigenvalue weighted by Crippen LogP contribution is 2.59. The Bertz CT molecular complexity index is 327. The molecule has 21 heavy (non-hydrogen) atoms. The van der Waals surface area contributed by atoms with Crippen molar-refractivity contribution in [3.8, 4) is 0 Å². The van der Waals surface area contributed by atoms with Crippen molar-refractivity contribution in [2.75, 3.05) is 33.4 Å². The zero-order valence-corrected chi connectivity index (χ0v) is 14.2. The Morgan fingerprint density at radius 1 is 1.10 bits per heavy atom. The second kappa shape index (κ2) is 6.17.